The summed E-state index contributed by atoms with van der Waals surface area (Å²) in [4.78, 5) is 18.8. The van der Waals surface area contributed by atoms with Crippen LogP contribution < -0.4 is 5.73 Å². The summed E-state index contributed by atoms with van der Waals surface area (Å²) < 4.78 is 0. The van der Waals surface area contributed by atoms with Crippen LogP contribution in [0.2, 0.25) is 0 Å². The third kappa shape index (κ3) is 2.03. The number of likely N-dealkylation sites (N-methyl/N-ethyl adjacent to an activating group) is 1. The number of thiazole rings is 1. The van der Waals surface area contributed by atoms with Gasteiger partial charge in [-0.05, 0) is 19.8 Å². The van der Waals surface area contributed by atoms with E-state index in [1.165, 1.54) is 0 Å². The molecule has 1 aromatic heterocycles. The molecule has 0 radical (unpaired) electrons. The van der Waals surface area contributed by atoms with Crippen molar-refractivity contribution < 1.29 is 4.79 Å². The van der Waals surface area contributed by atoms with Gasteiger partial charge in [0.25, 0.3) is 0 Å². The Labute approximate surface area is 93.1 Å². The molecule has 1 amide bonds. The monoisotopic (exact) mass is 225 g/mol. The zero-order valence-electron chi connectivity index (χ0n) is 8.99. The molecule has 1 fully saturated rings. The molecule has 2 rings (SSSR count). The van der Waals surface area contributed by atoms with Gasteiger partial charge >= 0.3 is 0 Å². The average molecular weight is 225 g/mol. The highest BCUT2D eigenvalue weighted by molar-refractivity contribution is 7.09. The van der Waals surface area contributed by atoms with Crippen LogP contribution in [0.15, 0.2) is 5.51 Å². The highest BCUT2D eigenvalue weighted by atomic mass is 32.1. The maximum Gasteiger partial charge on any atom is 0.242 e. The first kappa shape index (κ1) is 10.6. The third-order valence-corrected chi connectivity index (χ3v) is 3.71. The Morgan fingerprint density at radius 3 is 2.87 bits per heavy atom. The second-order valence-corrected chi connectivity index (χ2v) is 5.12. The number of carbonyl (C=O) groups is 1. The zero-order chi connectivity index (χ0) is 11.1. The standard InChI is InChI=1S/C10H15N3OS/c1-7-8(15-6-12-7)5-13(2)9(14)10(11)3-4-10/h6H,3-5,11H2,1-2H3. The van der Waals surface area contributed by atoms with Crippen molar-refractivity contribution in [3.05, 3.63) is 16.1 Å². The molecule has 1 aliphatic carbocycles. The number of nitrogens with zero attached hydrogens (tertiary/aromatic N) is 2. The number of hydrogen-bond acceptors (Lipinski definition) is 4. The van der Waals surface area contributed by atoms with Crippen molar-refractivity contribution in [3.8, 4) is 0 Å². The van der Waals surface area contributed by atoms with Gasteiger partial charge in [0, 0.05) is 11.9 Å². The van der Waals surface area contributed by atoms with Gasteiger partial charge in [0.2, 0.25) is 5.91 Å². The fourth-order valence-electron chi connectivity index (χ4n) is 1.49. The van der Waals surface area contributed by atoms with E-state index in [0.29, 0.717) is 6.54 Å². The van der Waals surface area contributed by atoms with Crippen LogP contribution in [0.4, 0.5) is 0 Å². The lowest BCUT2D eigenvalue weighted by atomic mass is 10.2. The second kappa shape index (κ2) is 3.57. The zero-order valence-corrected chi connectivity index (χ0v) is 9.80. The Morgan fingerprint density at radius 2 is 2.40 bits per heavy atom. The molecule has 15 heavy (non-hydrogen) atoms. The normalized spacial score (nSPS) is 17.5. The van der Waals surface area contributed by atoms with Crippen LogP contribution in [0.1, 0.15) is 23.4 Å². The highest BCUT2D eigenvalue weighted by Gasteiger charge is 2.47. The predicted octanol–water partition coefficient (Wildman–Crippen LogP) is 0.901. The van der Waals surface area contributed by atoms with Crippen molar-refractivity contribution >= 4 is 17.2 Å². The minimum atomic E-state index is -0.562. The van der Waals surface area contributed by atoms with E-state index >= 15 is 0 Å². The summed E-state index contributed by atoms with van der Waals surface area (Å²) in [6, 6.07) is 0. The number of nitrogens with two attached hydrogens (primary N) is 1. The van der Waals surface area contributed by atoms with Gasteiger partial charge in [0.05, 0.1) is 23.3 Å². The molecule has 0 saturated heterocycles. The van der Waals surface area contributed by atoms with Crippen molar-refractivity contribution in [2.24, 2.45) is 5.73 Å². The van der Waals surface area contributed by atoms with Crippen LogP contribution in [-0.4, -0.2) is 28.4 Å². The lowest BCUT2D eigenvalue weighted by Gasteiger charge is -2.20. The van der Waals surface area contributed by atoms with E-state index in [2.05, 4.69) is 4.98 Å². The van der Waals surface area contributed by atoms with E-state index < -0.39 is 5.54 Å². The van der Waals surface area contributed by atoms with E-state index in [1.807, 2.05) is 6.92 Å². The predicted molar refractivity (Wildman–Crippen MR) is 59.5 cm³/mol. The number of aromatic nitrogens is 1. The van der Waals surface area contributed by atoms with Crippen LogP contribution in [0.25, 0.3) is 0 Å². The summed E-state index contributed by atoms with van der Waals surface area (Å²) in [5.41, 5.74) is 8.10. The minimum Gasteiger partial charge on any atom is -0.339 e. The SMILES string of the molecule is Cc1ncsc1CN(C)C(=O)C1(N)CC1. The molecule has 2 N–H and O–H groups in total. The summed E-state index contributed by atoms with van der Waals surface area (Å²) in [7, 11) is 1.80. The fraction of sp³-hybridized carbons (Fsp3) is 0.600. The maximum absolute atomic E-state index is 11.8. The van der Waals surface area contributed by atoms with E-state index in [0.717, 1.165) is 23.4 Å². The molecule has 0 bridgehead atoms. The molecule has 1 aromatic rings. The Kier molecular flexibility index (Phi) is 2.52. The molecule has 0 unspecified atom stereocenters. The van der Waals surface area contributed by atoms with Crippen LogP contribution in [-0.2, 0) is 11.3 Å². The first-order valence-electron chi connectivity index (χ1n) is 4.96. The number of carbonyl (C=O) groups excluding carboxylic acids is 1. The van der Waals surface area contributed by atoms with Gasteiger partial charge in [0.15, 0.2) is 0 Å². The van der Waals surface area contributed by atoms with Crippen molar-refractivity contribution in [1.82, 2.24) is 9.88 Å². The molecule has 0 spiro atoms. The summed E-state index contributed by atoms with van der Waals surface area (Å²) in [6.07, 6.45) is 1.63. The second-order valence-electron chi connectivity index (χ2n) is 4.18. The Bertz CT molecular complexity index is 384. The van der Waals surface area contributed by atoms with Gasteiger partial charge in [-0.1, -0.05) is 0 Å². The molecule has 4 nitrogen and oxygen atoms in total. The molecule has 1 saturated carbocycles. The smallest absolute Gasteiger partial charge is 0.242 e. The Hall–Kier alpha value is -0.940. The molecule has 5 heteroatoms. The number of hydrogen-bond donors (Lipinski definition) is 1. The molecular formula is C10H15N3OS. The summed E-state index contributed by atoms with van der Waals surface area (Å²) >= 11 is 1.58. The topological polar surface area (TPSA) is 59.2 Å². The first-order chi connectivity index (χ1) is 7.03. The quantitative estimate of drug-likeness (QED) is 0.831. The lowest BCUT2D eigenvalue weighted by Crippen LogP contribution is -2.43. The fourth-order valence-corrected chi connectivity index (χ4v) is 2.32. The van der Waals surface area contributed by atoms with E-state index in [-0.39, 0.29) is 5.91 Å². The molecule has 0 atom stereocenters. The summed E-state index contributed by atoms with van der Waals surface area (Å²) in [5, 5.41) is 0. The summed E-state index contributed by atoms with van der Waals surface area (Å²) in [5.74, 6) is 0.0512. The molecule has 0 aliphatic heterocycles. The molecular weight excluding hydrogens is 210 g/mol. The van der Waals surface area contributed by atoms with Crippen molar-refractivity contribution in [2.45, 2.75) is 31.8 Å². The number of aryl methyl sites for hydroxylation is 1. The molecule has 82 valence electrons. The van der Waals surface area contributed by atoms with Gasteiger partial charge in [-0.25, -0.2) is 4.98 Å². The lowest BCUT2D eigenvalue weighted by molar-refractivity contribution is -0.132. The third-order valence-electron chi connectivity index (χ3n) is 2.79. The molecule has 1 heterocycles. The largest absolute Gasteiger partial charge is 0.339 e. The van der Waals surface area contributed by atoms with Crippen LogP contribution in [0.5, 0.6) is 0 Å². The van der Waals surface area contributed by atoms with E-state index in [4.69, 9.17) is 5.73 Å². The first-order valence-corrected chi connectivity index (χ1v) is 5.84. The maximum atomic E-state index is 11.8. The van der Waals surface area contributed by atoms with Gasteiger partial charge in [-0.15, -0.1) is 11.3 Å². The van der Waals surface area contributed by atoms with Crippen molar-refractivity contribution in [3.63, 3.8) is 0 Å². The van der Waals surface area contributed by atoms with Crippen molar-refractivity contribution in [1.29, 1.82) is 0 Å². The Balaban J connectivity index is 2.01. The van der Waals surface area contributed by atoms with Crippen LogP contribution in [0, 0.1) is 6.92 Å². The van der Waals surface area contributed by atoms with Gasteiger partial charge < -0.3 is 10.6 Å². The van der Waals surface area contributed by atoms with Gasteiger partial charge in [-0.2, -0.15) is 0 Å². The van der Waals surface area contributed by atoms with Crippen LogP contribution in [0.3, 0.4) is 0 Å². The van der Waals surface area contributed by atoms with E-state index in [9.17, 15) is 4.79 Å². The number of rotatable bonds is 3. The molecule has 0 aromatic carbocycles. The van der Waals surface area contributed by atoms with Crippen LogP contribution >= 0.6 is 11.3 Å². The minimum absolute atomic E-state index is 0.0512. The summed E-state index contributed by atoms with van der Waals surface area (Å²) in [6.45, 7) is 2.58. The van der Waals surface area contributed by atoms with Gasteiger partial charge in [0.1, 0.15) is 0 Å². The molecule has 1 aliphatic rings. The Morgan fingerprint density at radius 1 is 1.73 bits per heavy atom. The average Bonchev–Trinajstić information content (AvgIpc) is 2.83. The van der Waals surface area contributed by atoms with Crippen molar-refractivity contribution in [2.75, 3.05) is 7.05 Å². The van der Waals surface area contributed by atoms with E-state index in [1.54, 1.807) is 28.8 Å². The van der Waals surface area contributed by atoms with Gasteiger partial charge in [-0.3, -0.25) is 4.79 Å². The highest BCUT2D eigenvalue weighted by Crippen LogP contribution is 2.34. The number of amides is 1.